The minimum absolute atomic E-state index is 0.0486. The predicted molar refractivity (Wildman–Crippen MR) is 81.4 cm³/mol. The number of nitrogens with one attached hydrogen (secondary N) is 3. The van der Waals surface area contributed by atoms with Crippen molar-refractivity contribution in [3.63, 3.8) is 0 Å². The maximum absolute atomic E-state index is 12.4. The van der Waals surface area contributed by atoms with Crippen LogP contribution < -0.4 is 16.4 Å². The van der Waals surface area contributed by atoms with Crippen LogP contribution >= 0.6 is 0 Å². The third kappa shape index (κ3) is 2.14. The number of rotatable bonds is 3. The summed E-state index contributed by atoms with van der Waals surface area (Å²) in [6, 6.07) is 5.39. The van der Waals surface area contributed by atoms with E-state index in [0.717, 1.165) is 24.9 Å². The largest absolute Gasteiger partial charge is 0.417 e. The molecule has 6 heteroatoms. The van der Waals surface area contributed by atoms with Crippen molar-refractivity contribution in [2.24, 2.45) is 5.41 Å². The molecule has 1 saturated heterocycles. The first kappa shape index (κ1) is 13.6. The van der Waals surface area contributed by atoms with Gasteiger partial charge in [0, 0.05) is 18.5 Å². The van der Waals surface area contributed by atoms with Gasteiger partial charge in [0.15, 0.2) is 5.58 Å². The van der Waals surface area contributed by atoms with Gasteiger partial charge in [-0.15, -0.1) is 0 Å². The predicted octanol–water partition coefficient (Wildman–Crippen LogP) is 1.27. The highest BCUT2D eigenvalue weighted by atomic mass is 16.4. The fraction of sp³-hybridized carbons (Fsp3) is 0.500. The van der Waals surface area contributed by atoms with Gasteiger partial charge in [-0.25, -0.2) is 4.79 Å². The lowest BCUT2D eigenvalue weighted by Gasteiger charge is -2.47. The number of carbonyl (C=O) groups is 1. The molecule has 1 aliphatic carbocycles. The summed E-state index contributed by atoms with van der Waals surface area (Å²) in [5, 5.41) is 6.27. The maximum Gasteiger partial charge on any atom is 0.417 e. The van der Waals surface area contributed by atoms with Gasteiger partial charge < -0.3 is 15.1 Å². The molecule has 0 bridgehead atoms. The summed E-state index contributed by atoms with van der Waals surface area (Å²) in [4.78, 5) is 26.1. The van der Waals surface area contributed by atoms with Crippen molar-refractivity contribution in [3.8, 4) is 0 Å². The van der Waals surface area contributed by atoms with E-state index in [1.165, 1.54) is 12.8 Å². The number of hydrogen-bond donors (Lipinski definition) is 3. The Balaban J connectivity index is 1.43. The molecule has 1 aliphatic heterocycles. The average Bonchev–Trinajstić information content (AvgIpc) is 3.10. The Morgan fingerprint density at radius 1 is 1.36 bits per heavy atom. The summed E-state index contributed by atoms with van der Waals surface area (Å²) < 4.78 is 4.97. The number of aromatic nitrogens is 1. The number of H-pyrrole nitrogens is 1. The molecule has 1 unspecified atom stereocenters. The normalized spacial score (nSPS) is 22.8. The van der Waals surface area contributed by atoms with E-state index in [1.54, 1.807) is 6.07 Å². The van der Waals surface area contributed by atoms with Gasteiger partial charge in [0.1, 0.15) is 0 Å². The second-order valence-corrected chi connectivity index (χ2v) is 6.45. The summed E-state index contributed by atoms with van der Waals surface area (Å²) in [5.41, 5.74) is 2.33. The van der Waals surface area contributed by atoms with Gasteiger partial charge in [-0.2, -0.15) is 0 Å². The number of benzene rings is 1. The van der Waals surface area contributed by atoms with Crippen molar-refractivity contribution in [1.29, 1.82) is 0 Å². The third-order valence-corrected chi connectivity index (χ3v) is 5.08. The Kier molecular flexibility index (Phi) is 3.07. The average molecular weight is 301 g/mol. The van der Waals surface area contributed by atoms with E-state index in [1.807, 2.05) is 12.1 Å². The van der Waals surface area contributed by atoms with Gasteiger partial charge in [0.25, 0.3) is 0 Å². The molecule has 4 rings (SSSR count). The second-order valence-electron chi connectivity index (χ2n) is 6.45. The van der Waals surface area contributed by atoms with Gasteiger partial charge in [-0.1, -0.05) is 18.9 Å². The minimum Gasteiger partial charge on any atom is -0.408 e. The van der Waals surface area contributed by atoms with Crippen molar-refractivity contribution in [3.05, 3.63) is 34.3 Å². The summed E-state index contributed by atoms with van der Waals surface area (Å²) in [6.07, 6.45) is 4.77. The van der Waals surface area contributed by atoms with E-state index in [9.17, 15) is 9.59 Å². The van der Waals surface area contributed by atoms with Crippen molar-refractivity contribution >= 4 is 17.0 Å². The number of fused-ring (bicyclic) bond motifs is 1. The summed E-state index contributed by atoms with van der Waals surface area (Å²) in [6.45, 7) is 1.42. The Bertz CT molecular complexity index is 770. The van der Waals surface area contributed by atoms with Crippen molar-refractivity contribution in [2.75, 3.05) is 6.54 Å². The molecule has 116 valence electrons. The monoisotopic (exact) mass is 301 g/mol. The second kappa shape index (κ2) is 4.98. The Morgan fingerprint density at radius 2 is 2.18 bits per heavy atom. The molecule has 1 atom stereocenters. The van der Waals surface area contributed by atoms with Crippen LogP contribution in [0.4, 0.5) is 0 Å². The Labute approximate surface area is 127 Å². The fourth-order valence-corrected chi connectivity index (χ4v) is 3.81. The maximum atomic E-state index is 12.4. The SMILES string of the molecule is O=C(NCc1ccc2oc(=O)[nH]c2c1)C1NCC12CCCC2. The quantitative estimate of drug-likeness (QED) is 0.797. The van der Waals surface area contributed by atoms with E-state index < -0.39 is 5.76 Å². The molecule has 1 spiro atoms. The van der Waals surface area contributed by atoms with Gasteiger partial charge >= 0.3 is 5.76 Å². The molecule has 2 heterocycles. The number of hydrogen-bond acceptors (Lipinski definition) is 4. The van der Waals surface area contributed by atoms with Crippen molar-refractivity contribution < 1.29 is 9.21 Å². The molecule has 1 aromatic heterocycles. The summed E-state index contributed by atoms with van der Waals surface area (Å²) in [5.74, 6) is -0.382. The first-order valence-electron chi connectivity index (χ1n) is 7.79. The fourth-order valence-electron chi connectivity index (χ4n) is 3.81. The Hall–Kier alpha value is -2.08. The lowest BCUT2D eigenvalue weighted by atomic mass is 9.71. The molecule has 1 amide bonds. The molecule has 1 saturated carbocycles. The first-order chi connectivity index (χ1) is 10.7. The highest BCUT2D eigenvalue weighted by molar-refractivity contribution is 5.84. The number of aromatic amines is 1. The van der Waals surface area contributed by atoms with E-state index in [4.69, 9.17) is 4.42 Å². The van der Waals surface area contributed by atoms with Gasteiger partial charge in [0.05, 0.1) is 11.6 Å². The topological polar surface area (TPSA) is 87.1 Å². The van der Waals surface area contributed by atoms with Gasteiger partial charge in [-0.05, 0) is 30.5 Å². The molecule has 22 heavy (non-hydrogen) atoms. The number of carbonyl (C=O) groups excluding carboxylic acids is 1. The van der Waals surface area contributed by atoms with Gasteiger partial charge in [-0.3, -0.25) is 9.78 Å². The lowest BCUT2D eigenvalue weighted by molar-refractivity contribution is -0.130. The third-order valence-electron chi connectivity index (χ3n) is 5.08. The van der Waals surface area contributed by atoms with Gasteiger partial charge in [0.2, 0.25) is 5.91 Å². The van der Waals surface area contributed by atoms with E-state index >= 15 is 0 Å². The van der Waals surface area contributed by atoms with Crippen LogP contribution in [0, 0.1) is 5.41 Å². The first-order valence-corrected chi connectivity index (χ1v) is 7.79. The molecule has 6 nitrogen and oxygen atoms in total. The van der Waals surface area contributed by atoms with Crippen LogP contribution in [0.3, 0.4) is 0 Å². The van der Waals surface area contributed by atoms with Crippen molar-refractivity contribution in [2.45, 2.75) is 38.3 Å². The zero-order chi connectivity index (χ0) is 15.2. The molecular formula is C16H19N3O3. The van der Waals surface area contributed by atoms with Crippen LogP contribution in [0.5, 0.6) is 0 Å². The zero-order valence-corrected chi connectivity index (χ0v) is 12.3. The molecule has 2 aromatic rings. The molecule has 0 radical (unpaired) electrons. The lowest BCUT2D eigenvalue weighted by Crippen LogP contribution is -2.67. The van der Waals surface area contributed by atoms with Crippen LogP contribution in [0.15, 0.2) is 27.4 Å². The summed E-state index contributed by atoms with van der Waals surface area (Å²) >= 11 is 0. The standard InChI is InChI=1S/C16H19N3O3/c20-14(13-16(9-18-13)5-1-2-6-16)17-8-10-3-4-12-11(7-10)19-15(21)22-12/h3-4,7,13,18H,1-2,5-6,8-9H2,(H,17,20)(H,19,21). The zero-order valence-electron chi connectivity index (χ0n) is 12.3. The highest BCUT2D eigenvalue weighted by Crippen LogP contribution is 2.45. The smallest absolute Gasteiger partial charge is 0.408 e. The number of amides is 1. The van der Waals surface area contributed by atoms with Crippen molar-refractivity contribution in [1.82, 2.24) is 15.6 Å². The number of oxazole rings is 1. The van der Waals surface area contributed by atoms with Crippen LogP contribution in [-0.2, 0) is 11.3 Å². The molecule has 3 N–H and O–H groups in total. The van der Waals surface area contributed by atoms with E-state index in [-0.39, 0.29) is 17.4 Å². The molecular weight excluding hydrogens is 282 g/mol. The van der Waals surface area contributed by atoms with E-state index in [2.05, 4.69) is 15.6 Å². The summed E-state index contributed by atoms with van der Waals surface area (Å²) in [7, 11) is 0. The van der Waals surface area contributed by atoms with E-state index in [0.29, 0.717) is 17.6 Å². The van der Waals surface area contributed by atoms with Crippen LogP contribution in [0.2, 0.25) is 0 Å². The minimum atomic E-state index is -0.460. The van der Waals surface area contributed by atoms with Crippen LogP contribution in [0.25, 0.3) is 11.1 Å². The van der Waals surface area contributed by atoms with Crippen LogP contribution in [-0.4, -0.2) is 23.5 Å². The molecule has 2 fully saturated rings. The molecule has 1 aromatic carbocycles. The van der Waals surface area contributed by atoms with Crippen LogP contribution in [0.1, 0.15) is 31.2 Å². The molecule has 2 aliphatic rings. The highest BCUT2D eigenvalue weighted by Gasteiger charge is 2.51. The Morgan fingerprint density at radius 3 is 2.91 bits per heavy atom.